The van der Waals surface area contributed by atoms with Gasteiger partial charge in [-0.15, -0.1) is 0 Å². The molecule has 0 saturated carbocycles. The van der Waals surface area contributed by atoms with Crippen LogP contribution < -0.4 is 5.32 Å². The molecule has 1 atom stereocenters. The number of carbonyl (C=O) groups excluding carboxylic acids is 2. The standard InChI is InChI=1S/C15H27N3O2/c1-12(2)17(10-13-5-3-7-16-9-13)11-15(20)18-8-4-6-14(18)19/h12-13,16H,3-11H2,1-2H3. The van der Waals surface area contributed by atoms with Crippen molar-refractivity contribution < 1.29 is 9.59 Å². The summed E-state index contributed by atoms with van der Waals surface area (Å²) in [7, 11) is 0. The normalized spacial score (nSPS) is 23.9. The van der Waals surface area contributed by atoms with E-state index in [2.05, 4.69) is 24.1 Å². The first-order chi connectivity index (χ1) is 9.58. The summed E-state index contributed by atoms with van der Waals surface area (Å²) in [5.74, 6) is 0.594. The van der Waals surface area contributed by atoms with Crippen molar-refractivity contribution in [2.24, 2.45) is 5.92 Å². The van der Waals surface area contributed by atoms with Crippen LogP contribution in [0, 0.1) is 5.92 Å². The van der Waals surface area contributed by atoms with Gasteiger partial charge in [-0.2, -0.15) is 0 Å². The molecule has 5 heteroatoms. The maximum atomic E-state index is 12.3. The fourth-order valence-corrected chi connectivity index (χ4v) is 3.04. The van der Waals surface area contributed by atoms with E-state index >= 15 is 0 Å². The predicted octanol–water partition coefficient (Wildman–Crippen LogP) is 0.845. The molecular weight excluding hydrogens is 254 g/mol. The molecule has 0 bridgehead atoms. The molecule has 2 aliphatic heterocycles. The molecule has 0 spiro atoms. The molecule has 2 fully saturated rings. The smallest absolute Gasteiger partial charge is 0.243 e. The quantitative estimate of drug-likeness (QED) is 0.811. The first-order valence-electron chi connectivity index (χ1n) is 7.86. The van der Waals surface area contributed by atoms with Crippen molar-refractivity contribution in [3.8, 4) is 0 Å². The van der Waals surface area contributed by atoms with Crippen LogP contribution in [-0.4, -0.2) is 60.4 Å². The maximum Gasteiger partial charge on any atom is 0.243 e. The predicted molar refractivity (Wildman–Crippen MR) is 78.3 cm³/mol. The zero-order chi connectivity index (χ0) is 14.5. The van der Waals surface area contributed by atoms with Crippen LogP contribution in [0.4, 0.5) is 0 Å². The summed E-state index contributed by atoms with van der Waals surface area (Å²) in [6.07, 6.45) is 3.79. The molecule has 5 nitrogen and oxygen atoms in total. The molecule has 0 aromatic rings. The number of nitrogens with one attached hydrogen (secondary N) is 1. The molecule has 20 heavy (non-hydrogen) atoms. The molecule has 2 amide bonds. The van der Waals surface area contributed by atoms with Gasteiger partial charge in [0.05, 0.1) is 6.54 Å². The second-order valence-electron chi connectivity index (χ2n) is 6.28. The number of amides is 2. The van der Waals surface area contributed by atoms with Gasteiger partial charge in [-0.25, -0.2) is 0 Å². The fraction of sp³-hybridized carbons (Fsp3) is 0.867. The highest BCUT2D eigenvalue weighted by atomic mass is 16.2. The van der Waals surface area contributed by atoms with E-state index in [4.69, 9.17) is 0 Å². The molecule has 2 heterocycles. The SMILES string of the molecule is CC(C)N(CC(=O)N1CCCC1=O)CC1CCCNC1. The van der Waals surface area contributed by atoms with Gasteiger partial charge in [0, 0.05) is 25.6 Å². The van der Waals surface area contributed by atoms with Gasteiger partial charge in [0.15, 0.2) is 0 Å². The summed E-state index contributed by atoms with van der Waals surface area (Å²) in [4.78, 5) is 27.5. The lowest BCUT2D eigenvalue weighted by Crippen LogP contribution is -2.47. The topological polar surface area (TPSA) is 52.7 Å². The van der Waals surface area contributed by atoms with Crippen molar-refractivity contribution in [2.45, 2.75) is 45.6 Å². The molecule has 2 saturated heterocycles. The van der Waals surface area contributed by atoms with E-state index in [0.29, 0.717) is 31.5 Å². The van der Waals surface area contributed by atoms with Crippen molar-refractivity contribution in [3.63, 3.8) is 0 Å². The lowest BCUT2D eigenvalue weighted by molar-refractivity contribution is -0.142. The number of imide groups is 1. The van der Waals surface area contributed by atoms with E-state index in [1.165, 1.54) is 17.7 Å². The van der Waals surface area contributed by atoms with Crippen molar-refractivity contribution in [1.29, 1.82) is 0 Å². The Hall–Kier alpha value is -0.940. The molecule has 0 aliphatic carbocycles. The van der Waals surface area contributed by atoms with E-state index in [1.54, 1.807) is 0 Å². The Morgan fingerprint density at radius 2 is 2.25 bits per heavy atom. The van der Waals surface area contributed by atoms with Gasteiger partial charge in [0.2, 0.25) is 11.8 Å². The molecule has 1 unspecified atom stereocenters. The molecule has 0 aromatic carbocycles. The van der Waals surface area contributed by atoms with Gasteiger partial charge in [-0.1, -0.05) is 0 Å². The highest BCUT2D eigenvalue weighted by Gasteiger charge is 2.29. The largest absolute Gasteiger partial charge is 0.316 e. The Morgan fingerprint density at radius 1 is 1.45 bits per heavy atom. The monoisotopic (exact) mass is 281 g/mol. The lowest BCUT2D eigenvalue weighted by atomic mass is 9.98. The van der Waals surface area contributed by atoms with Crippen molar-refractivity contribution in [1.82, 2.24) is 15.1 Å². The highest BCUT2D eigenvalue weighted by Crippen LogP contribution is 2.15. The average Bonchev–Trinajstić information content (AvgIpc) is 2.85. The Kier molecular flexibility index (Phi) is 5.54. The number of hydrogen-bond acceptors (Lipinski definition) is 4. The van der Waals surface area contributed by atoms with Gasteiger partial charge in [0.25, 0.3) is 0 Å². The van der Waals surface area contributed by atoms with Crippen LogP contribution in [0.3, 0.4) is 0 Å². The number of nitrogens with zero attached hydrogens (tertiary/aromatic N) is 2. The first-order valence-corrected chi connectivity index (χ1v) is 7.86. The summed E-state index contributed by atoms with van der Waals surface area (Å²) in [6.45, 7) is 8.32. The first kappa shape index (κ1) is 15.4. The van der Waals surface area contributed by atoms with Crippen molar-refractivity contribution in [3.05, 3.63) is 0 Å². The number of likely N-dealkylation sites (tertiary alicyclic amines) is 1. The number of rotatable bonds is 5. The minimum absolute atomic E-state index is 0.00182. The van der Waals surface area contributed by atoms with Gasteiger partial charge in [-0.05, 0) is 52.1 Å². The van der Waals surface area contributed by atoms with E-state index in [0.717, 1.165) is 26.1 Å². The Labute approximate surface area is 121 Å². The second-order valence-corrected chi connectivity index (χ2v) is 6.28. The zero-order valence-electron chi connectivity index (χ0n) is 12.7. The van der Waals surface area contributed by atoms with E-state index < -0.39 is 0 Å². The van der Waals surface area contributed by atoms with E-state index in [9.17, 15) is 9.59 Å². The van der Waals surface area contributed by atoms with Crippen LogP contribution in [0.15, 0.2) is 0 Å². The molecule has 0 radical (unpaired) electrons. The van der Waals surface area contributed by atoms with Crippen LogP contribution in [0.25, 0.3) is 0 Å². The van der Waals surface area contributed by atoms with Crippen molar-refractivity contribution >= 4 is 11.8 Å². The summed E-state index contributed by atoms with van der Waals surface area (Å²) < 4.78 is 0. The molecule has 2 rings (SSSR count). The number of piperidine rings is 1. The highest BCUT2D eigenvalue weighted by molar-refractivity contribution is 5.97. The Balaban J connectivity index is 1.87. The fourth-order valence-electron chi connectivity index (χ4n) is 3.04. The molecule has 0 aromatic heterocycles. The second kappa shape index (κ2) is 7.18. The van der Waals surface area contributed by atoms with Gasteiger partial charge >= 0.3 is 0 Å². The third-order valence-corrected chi connectivity index (χ3v) is 4.33. The number of carbonyl (C=O) groups is 2. The molecule has 2 aliphatic rings. The van der Waals surface area contributed by atoms with Crippen molar-refractivity contribution in [2.75, 3.05) is 32.7 Å². The third kappa shape index (κ3) is 4.03. The minimum atomic E-state index is -0.0232. The molecule has 114 valence electrons. The van der Waals surface area contributed by atoms with E-state index in [1.807, 2.05) is 0 Å². The summed E-state index contributed by atoms with van der Waals surface area (Å²) in [5, 5.41) is 3.42. The maximum absolute atomic E-state index is 12.3. The van der Waals surface area contributed by atoms with Gasteiger partial charge < -0.3 is 5.32 Å². The molecule has 1 N–H and O–H groups in total. The van der Waals surface area contributed by atoms with Gasteiger partial charge in [-0.3, -0.25) is 19.4 Å². The average molecular weight is 281 g/mol. The molecular formula is C15H27N3O2. The summed E-state index contributed by atoms with van der Waals surface area (Å²) in [6, 6.07) is 0.332. The van der Waals surface area contributed by atoms with Crippen LogP contribution >= 0.6 is 0 Å². The van der Waals surface area contributed by atoms with Crippen LogP contribution in [0.2, 0.25) is 0 Å². The van der Waals surface area contributed by atoms with Crippen LogP contribution in [0.5, 0.6) is 0 Å². The van der Waals surface area contributed by atoms with Crippen LogP contribution in [-0.2, 0) is 9.59 Å². The minimum Gasteiger partial charge on any atom is -0.316 e. The Bertz CT molecular complexity index is 351. The van der Waals surface area contributed by atoms with Gasteiger partial charge in [0.1, 0.15) is 0 Å². The third-order valence-electron chi connectivity index (χ3n) is 4.33. The lowest BCUT2D eigenvalue weighted by Gasteiger charge is -2.33. The number of hydrogen-bond donors (Lipinski definition) is 1. The summed E-state index contributed by atoms with van der Waals surface area (Å²) in [5.41, 5.74) is 0. The zero-order valence-corrected chi connectivity index (χ0v) is 12.7. The Morgan fingerprint density at radius 3 is 2.80 bits per heavy atom. The van der Waals surface area contributed by atoms with E-state index in [-0.39, 0.29) is 11.8 Å². The summed E-state index contributed by atoms with van der Waals surface area (Å²) >= 11 is 0. The van der Waals surface area contributed by atoms with Crippen LogP contribution in [0.1, 0.15) is 39.5 Å².